The van der Waals surface area contributed by atoms with Crippen molar-refractivity contribution in [1.82, 2.24) is 5.16 Å². The number of rotatable bonds is 5. The lowest BCUT2D eigenvalue weighted by Crippen LogP contribution is -2.14. The highest BCUT2D eigenvalue weighted by Crippen LogP contribution is 2.38. The normalized spacial score (nSPS) is 10.9. The molecule has 0 unspecified atom stereocenters. The van der Waals surface area contributed by atoms with Gasteiger partial charge in [-0.1, -0.05) is 46.0 Å². The van der Waals surface area contributed by atoms with E-state index in [1.807, 2.05) is 0 Å². The average Bonchev–Trinajstić information content (AvgIpc) is 3.02. The van der Waals surface area contributed by atoms with Crippen molar-refractivity contribution < 1.29 is 18.8 Å². The molecule has 8 heteroatoms. The summed E-state index contributed by atoms with van der Waals surface area (Å²) in [7, 11) is 0. The minimum atomic E-state index is -0.479. The largest absolute Gasteiger partial charge is 0.480 e. The maximum Gasteiger partial charge on any atom is 0.344 e. The van der Waals surface area contributed by atoms with Gasteiger partial charge in [-0.05, 0) is 31.2 Å². The Kier molecular flexibility index (Phi) is 5.37. The van der Waals surface area contributed by atoms with Crippen LogP contribution in [0, 0.1) is 0 Å². The smallest absolute Gasteiger partial charge is 0.344 e. The summed E-state index contributed by atoms with van der Waals surface area (Å²) in [5, 5.41) is 5.83. The second kappa shape index (κ2) is 7.52. The number of hydrogen-bond donors (Lipinski definition) is 0. The van der Waals surface area contributed by atoms with Crippen molar-refractivity contribution in [3.8, 4) is 17.0 Å². The Labute approximate surface area is 158 Å². The summed E-state index contributed by atoms with van der Waals surface area (Å²) in [6, 6.07) is 8.54. The van der Waals surface area contributed by atoms with Crippen LogP contribution in [0.1, 0.15) is 6.92 Å². The van der Waals surface area contributed by atoms with Crippen LogP contribution in [0.2, 0.25) is 15.1 Å². The Morgan fingerprint density at radius 2 is 1.96 bits per heavy atom. The molecule has 130 valence electrons. The summed E-state index contributed by atoms with van der Waals surface area (Å²) < 4.78 is 15.5. The van der Waals surface area contributed by atoms with Gasteiger partial charge in [-0.2, -0.15) is 0 Å². The van der Waals surface area contributed by atoms with E-state index in [0.29, 0.717) is 32.5 Å². The number of benzene rings is 2. The summed E-state index contributed by atoms with van der Waals surface area (Å²) >= 11 is 18.3. The molecule has 0 aliphatic carbocycles. The Morgan fingerprint density at radius 1 is 1.16 bits per heavy atom. The van der Waals surface area contributed by atoms with Gasteiger partial charge in [0.15, 0.2) is 12.2 Å². The Hall–Kier alpha value is -1.95. The van der Waals surface area contributed by atoms with Crippen molar-refractivity contribution in [1.29, 1.82) is 0 Å². The van der Waals surface area contributed by atoms with Gasteiger partial charge in [0, 0.05) is 5.56 Å². The van der Waals surface area contributed by atoms with Crippen LogP contribution in [-0.4, -0.2) is 24.3 Å². The average molecular weight is 401 g/mol. The zero-order chi connectivity index (χ0) is 18.0. The zero-order valence-electron chi connectivity index (χ0n) is 13.0. The molecule has 0 radical (unpaired) electrons. The lowest BCUT2D eigenvalue weighted by Gasteiger charge is -2.07. The maximum absolute atomic E-state index is 11.4. The molecule has 0 amide bonds. The van der Waals surface area contributed by atoms with Gasteiger partial charge in [0.25, 0.3) is 0 Å². The van der Waals surface area contributed by atoms with Gasteiger partial charge in [-0.15, -0.1) is 0 Å². The number of aromatic nitrogens is 1. The molecule has 0 spiro atoms. The van der Waals surface area contributed by atoms with Crippen molar-refractivity contribution >= 4 is 51.7 Å². The maximum atomic E-state index is 11.4. The molecule has 2 aromatic carbocycles. The van der Waals surface area contributed by atoms with Gasteiger partial charge < -0.3 is 14.0 Å². The molecule has 1 heterocycles. The molecule has 25 heavy (non-hydrogen) atoms. The van der Waals surface area contributed by atoms with Crippen LogP contribution in [0.25, 0.3) is 22.2 Å². The molecule has 0 aliphatic rings. The molecule has 0 N–H and O–H groups in total. The van der Waals surface area contributed by atoms with E-state index in [1.165, 1.54) is 0 Å². The van der Waals surface area contributed by atoms with Crippen molar-refractivity contribution in [2.45, 2.75) is 6.92 Å². The van der Waals surface area contributed by atoms with Crippen molar-refractivity contribution in [3.63, 3.8) is 0 Å². The lowest BCUT2D eigenvalue weighted by atomic mass is 10.1. The molecule has 0 bridgehead atoms. The van der Waals surface area contributed by atoms with E-state index in [9.17, 15) is 4.79 Å². The number of esters is 1. The number of carbonyl (C=O) groups is 1. The predicted octanol–water partition coefficient (Wildman–Crippen LogP) is 5.40. The minimum Gasteiger partial charge on any atom is -0.480 e. The number of hydrogen-bond acceptors (Lipinski definition) is 5. The van der Waals surface area contributed by atoms with Crippen LogP contribution < -0.4 is 4.74 Å². The quantitative estimate of drug-likeness (QED) is 0.537. The summed E-state index contributed by atoms with van der Waals surface area (Å²) in [6.45, 7) is 1.76. The van der Waals surface area contributed by atoms with E-state index >= 15 is 0 Å². The third kappa shape index (κ3) is 3.68. The third-order valence-electron chi connectivity index (χ3n) is 3.39. The first kappa shape index (κ1) is 17.9. The number of halogens is 3. The second-order valence-corrected chi connectivity index (χ2v) is 6.20. The van der Waals surface area contributed by atoms with Crippen LogP contribution in [0.3, 0.4) is 0 Å². The Balaban J connectivity index is 1.93. The molecule has 3 aromatic rings. The van der Waals surface area contributed by atoms with Gasteiger partial charge in [0.05, 0.1) is 22.0 Å². The lowest BCUT2D eigenvalue weighted by molar-refractivity contribution is -0.145. The number of fused-ring (bicyclic) bond motifs is 1. The highest BCUT2D eigenvalue weighted by atomic mass is 35.5. The molecule has 5 nitrogen and oxygen atoms in total. The van der Waals surface area contributed by atoms with Gasteiger partial charge in [0.1, 0.15) is 16.5 Å². The van der Waals surface area contributed by atoms with E-state index in [0.717, 1.165) is 5.56 Å². The highest BCUT2D eigenvalue weighted by Gasteiger charge is 2.18. The topological polar surface area (TPSA) is 61.6 Å². The summed E-state index contributed by atoms with van der Waals surface area (Å²) in [5.41, 5.74) is 1.67. The van der Waals surface area contributed by atoms with Gasteiger partial charge >= 0.3 is 5.97 Å². The molecule has 3 rings (SSSR count). The number of carbonyl (C=O) groups excluding carboxylic acids is 1. The Bertz CT molecular complexity index is 939. The van der Waals surface area contributed by atoms with E-state index in [2.05, 4.69) is 5.16 Å². The van der Waals surface area contributed by atoms with Crippen LogP contribution in [0.5, 0.6) is 5.75 Å². The Morgan fingerprint density at radius 3 is 2.68 bits per heavy atom. The SMILES string of the molecule is CCOC(=O)COc1ccc2c(-c3ccc(Cl)c(Cl)c3)noc2c1Cl. The first-order valence-electron chi connectivity index (χ1n) is 7.33. The molecular weight excluding hydrogens is 389 g/mol. The molecule has 1 aromatic heterocycles. The van der Waals surface area contributed by atoms with Crippen LogP contribution in [0.15, 0.2) is 34.9 Å². The van der Waals surface area contributed by atoms with Crippen molar-refractivity contribution in [3.05, 3.63) is 45.4 Å². The molecule has 0 fully saturated rings. The van der Waals surface area contributed by atoms with Crippen molar-refractivity contribution in [2.24, 2.45) is 0 Å². The standard InChI is InChI=1S/C17H12Cl3NO4/c1-2-23-14(22)8-24-13-6-4-10-16(21-25-17(10)15(13)20)9-3-5-11(18)12(19)7-9/h3-7H,2,8H2,1H3. The van der Waals surface area contributed by atoms with Crippen molar-refractivity contribution in [2.75, 3.05) is 13.2 Å². The van der Waals surface area contributed by atoms with Crippen LogP contribution in [-0.2, 0) is 9.53 Å². The molecule has 0 saturated heterocycles. The minimum absolute atomic E-state index is 0.223. The first-order chi connectivity index (χ1) is 12.0. The molecule has 0 aliphatic heterocycles. The predicted molar refractivity (Wildman–Crippen MR) is 96.6 cm³/mol. The summed E-state index contributed by atoms with van der Waals surface area (Å²) in [5.74, 6) is -0.174. The van der Waals surface area contributed by atoms with Crippen LogP contribution in [0.4, 0.5) is 0 Å². The summed E-state index contributed by atoms with van der Waals surface area (Å²) in [6.07, 6.45) is 0. The highest BCUT2D eigenvalue weighted by molar-refractivity contribution is 6.42. The second-order valence-electron chi connectivity index (χ2n) is 5.01. The fourth-order valence-electron chi connectivity index (χ4n) is 2.26. The van der Waals surface area contributed by atoms with Gasteiger partial charge in [0.2, 0.25) is 0 Å². The fourth-order valence-corrected chi connectivity index (χ4v) is 2.81. The van der Waals surface area contributed by atoms with Gasteiger partial charge in [-0.3, -0.25) is 0 Å². The number of ether oxygens (including phenoxy) is 2. The van der Waals surface area contributed by atoms with E-state index < -0.39 is 5.97 Å². The van der Waals surface area contributed by atoms with E-state index in [4.69, 9.17) is 48.8 Å². The first-order valence-corrected chi connectivity index (χ1v) is 8.46. The number of nitrogens with zero attached hydrogens (tertiary/aromatic N) is 1. The van der Waals surface area contributed by atoms with Gasteiger partial charge in [-0.25, -0.2) is 4.79 Å². The molecule has 0 atom stereocenters. The fraction of sp³-hybridized carbons (Fsp3) is 0.176. The third-order valence-corrected chi connectivity index (χ3v) is 4.49. The van der Waals surface area contributed by atoms with Crippen LogP contribution >= 0.6 is 34.8 Å². The molecular formula is C17H12Cl3NO4. The molecule has 0 saturated carbocycles. The van der Waals surface area contributed by atoms with E-state index in [-0.39, 0.29) is 18.2 Å². The van der Waals surface area contributed by atoms with E-state index in [1.54, 1.807) is 37.3 Å². The monoisotopic (exact) mass is 399 g/mol. The summed E-state index contributed by atoms with van der Waals surface area (Å²) in [4.78, 5) is 11.4. The zero-order valence-corrected chi connectivity index (χ0v) is 15.3.